The van der Waals surface area contributed by atoms with Crippen molar-refractivity contribution in [3.8, 4) is 5.75 Å². The van der Waals surface area contributed by atoms with E-state index in [0.29, 0.717) is 24.5 Å². The van der Waals surface area contributed by atoms with Gasteiger partial charge in [0.2, 0.25) is 0 Å². The van der Waals surface area contributed by atoms with E-state index in [1.807, 2.05) is 37.3 Å². The predicted molar refractivity (Wildman–Crippen MR) is 82.3 cm³/mol. The number of hydrogen-bond acceptors (Lipinski definition) is 3. The molecule has 2 rings (SSSR count). The summed E-state index contributed by atoms with van der Waals surface area (Å²) >= 11 is 0. The fourth-order valence-electron chi connectivity index (χ4n) is 2.06. The molecule has 0 amide bonds. The summed E-state index contributed by atoms with van der Waals surface area (Å²) in [5.74, 6) is -0.189. The van der Waals surface area contributed by atoms with Crippen LogP contribution < -0.4 is 10.5 Å². The topological polar surface area (TPSA) is 72.5 Å². The maximum Gasteiger partial charge on any atom is 0.303 e. The number of anilines is 1. The van der Waals surface area contributed by atoms with E-state index < -0.39 is 5.97 Å². The highest BCUT2D eigenvalue weighted by atomic mass is 16.5. The molecular weight excluding hydrogens is 266 g/mol. The van der Waals surface area contributed by atoms with E-state index in [9.17, 15) is 4.79 Å². The van der Waals surface area contributed by atoms with E-state index >= 15 is 0 Å². The quantitative estimate of drug-likeness (QED) is 0.800. The molecule has 0 saturated carbocycles. The average Bonchev–Trinajstić information content (AvgIpc) is 2.45. The van der Waals surface area contributed by atoms with Crippen LogP contribution in [0.25, 0.3) is 0 Å². The van der Waals surface area contributed by atoms with Gasteiger partial charge in [-0.25, -0.2) is 0 Å². The molecule has 110 valence electrons. The monoisotopic (exact) mass is 285 g/mol. The molecule has 3 N–H and O–H groups in total. The molecule has 2 aromatic rings. The Labute approximate surface area is 124 Å². The summed E-state index contributed by atoms with van der Waals surface area (Å²) in [6.45, 7) is 2.50. The van der Waals surface area contributed by atoms with Gasteiger partial charge in [-0.1, -0.05) is 30.3 Å². The molecule has 0 unspecified atom stereocenters. The molecule has 2 aromatic carbocycles. The zero-order chi connectivity index (χ0) is 15.2. The lowest BCUT2D eigenvalue weighted by atomic mass is 10.1. The van der Waals surface area contributed by atoms with Gasteiger partial charge in [-0.05, 0) is 42.2 Å². The third kappa shape index (κ3) is 4.24. The molecule has 4 heteroatoms. The van der Waals surface area contributed by atoms with Crippen LogP contribution in [0.2, 0.25) is 0 Å². The van der Waals surface area contributed by atoms with Crippen molar-refractivity contribution in [3.05, 3.63) is 59.2 Å². The van der Waals surface area contributed by atoms with E-state index in [-0.39, 0.29) is 6.42 Å². The van der Waals surface area contributed by atoms with Crippen molar-refractivity contribution in [1.29, 1.82) is 0 Å². The van der Waals surface area contributed by atoms with Gasteiger partial charge < -0.3 is 15.6 Å². The Hall–Kier alpha value is -2.49. The van der Waals surface area contributed by atoms with Gasteiger partial charge in [-0.3, -0.25) is 4.79 Å². The van der Waals surface area contributed by atoms with Crippen LogP contribution in [-0.2, 0) is 17.8 Å². The van der Waals surface area contributed by atoms with Crippen LogP contribution >= 0.6 is 0 Å². The van der Waals surface area contributed by atoms with E-state index in [4.69, 9.17) is 15.6 Å². The summed E-state index contributed by atoms with van der Waals surface area (Å²) in [6, 6.07) is 13.5. The minimum Gasteiger partial charge on any atom is -0.487 e. The number of carboxylic acid groups (broad SMARTS) is 1. The molecule has 4 nitrogen and oxygen atoms in total. The van der Waals surface area contributed by atoms with Crippen LogP contribution in [0.1, 0.15) is 23.1 Å². The lowest BCUT2D eigenvalue weighted by Crippen LogP contribution is -2.02. The van der Waals surface area contributed by atoms with E-state index in [2.05, 4.69) is 0 Å². The minimum absolute atomic E-state index is 0.100. The summed E-state index contributed by atoms with van der Waals surface area (Å²) in [5.41, 5.74) is 9.68. The third-order valence-electron chi connectivity index (χ3n) is 3.35. The summed E-state index contributed by atoms with van der Waals surface area (Å²) in [5, 5.41) is 8.68. The van der Waals surface area contributed by atoms with Crippen molar-refractivity contribution in [2.45, 2.75) is 26.4 Å². The summed E-state index contributed by atoms with van der Waals surface area (Å²) in [4.78, 5) is 10.6. The van der Waals surface area contributed by atoms with Crippen LogP contribution in [0.5, 0.6) is 5.75 Å². The van der Waals surface area contributed by atoms with Gasteiger partial charge in [-0.15, -0.1) is 0 Å². The smallest absolute Gasteiger partial charge is 0.303 e. The SMILES string of the molecule is Cc1ccccc1COc1ccc(CCC(=O)O)cc1N. The van der Waals surface area contributed by atoms with Crippen molar-refractivity contribution in [3.63, 3.8) is 0 Å². The third-order valence-corrected chi connectivity index (χ3v) is 3.35. The molecule has 0 bridgehead atoms. The van der Waals surface area contributed by atoms with Crippen molar-refractivity contribution < 1.29 is 14.6 Å². The number of carboxylic acids is 1. The molecule has 0 aliphatic carbocycles. The Bertz CT molecular complexity index is 638. The van der Waals surface area contributed by atoms with Crippen LogP contribution in [-0.4, -0.2) is 11.1 Å². The molecule has 0 fully saturated rings. The highest BCUT2D eigenvalue weighted by molar-refractivity contribution is 5.67. The molecule has 0 spiro atoms. The Kier molecular flexibility index (Phi) is 4.82. The van der Waals surface area contributed by atoms with Gasteiger partial charge in [-0.2, -0.15) is 0 Å². The van der Waals surface area contributed by atoms with Crippen molar-refractivity contribution >= 4 is 11.7 Å². The summed E-state index contributed by atoms with van der Waals surface area (Å²) < 4.78 is 5.74. The average molecular weight is 285 g/mol. The second-order valence-electron chi connectivity index (χ2n) is 4.98. The number of hydrogen-bond donors (Lipinski definition) is 2. The minimum atomic E-state index is -0.812. The number of rotatable bonds is 6. The highest BCUT2D eigenvalue weighted by Crippen LogP contribution is 2.24. The Morgan fingerprint density at radius 2 is 2.00 bits per heavy atom. The largest absolute Gasteiger partial charge is 0.487 e. The summed E-state index contributed by atoms with van der Waals surface area (Å²) in [7, 11) is 0. The van der Waals surface area contributed by atoms with Crippen molar-refractivity contribution in [2.24, 2.45) is 0 Å². The van der Waals surface area contributed by atoms with E-state index in [0.717, 1.165) is 11.1 Å². The van der Waals surface area contributed by atoms with Crippen LogP contribution in [0.3, 0.4) is 0 Å². The zero-order valence-corrected chi connectivity index (χ0v) is 12.0. The number of benzene rings is 2. The maximum absolute atomic E-state index is 10.6. The lowest BCUT2D eigenvalue weighted by Gasteiger charge is -2.11. The fourth-order valence-corrected chi connectivity index (χ4v) is 2.06. The number of aliphatic carboxylic acids is 1. The van der Waals surface area contributed by atoms with Gasteiger partial charge in [0.05, 0.1) is 5.69 Å². The van der Waals surface area contributed by atoms with Crippen LogP contribution in [0, 0.1) is 6.92 Å². The molecule has 21 heavy (non-hydrogen) atoms. The molecule has 0 heterocycles. The Morgan fingerprint density at radius 1 is 1.24 bits per heavy atom. The van der Waals surface area contributed by atoms with Crippen molar-refractivity contribution in [2.75, 3.05) is 5.73 Å². The molecule has 0 radical (unpaired) electrons. The van der Waals surface area contributed by atoms with Crippen LogP contribution in [0.4, 0.5) is 5.69 Å². The normalized spacial score (nSPS) is 10.3. The number of nitrogen functional groups attached to an aromatic ring is 1. The first-order valence-corrected chi connectivity index (χ1v) is 6.84. The van der Waals surface area contributed by atoms with E-state index in [1.165, 1.54) is 5.56 Å². The number of carbonyl (C=O) groups is 1. The molecule has 0 aliphatic heterocycles. The predicted octanol–water partition coefficient (Wildman–Crippen LogP) is 3.17. The Morgan fingerprint density at radius 3 is 2.67 bits per heavy atom. The number of nitrogens with two attached hydrogens (primary N) is 1. The molecule has 0 aromatic heterocycles. The summed E-state index contributed by atoms with van der Waals surface area (Å²) in [6.07, 6.45) is 0.570. The first-order valence-electron chi connectivity index (χ1n) is 6.84. The lowest BCUT2D eigenvalue weighted by molar-refractivity contribution is -0.136. The number of ether oxygens (including phenoxy) is 1. The molecule has 0 atom stereocenters. The highest BCUT2D eigenvalue weighted by Gasteiger charge is 2.05. The fraction of sp³-hybridized carbons (Fsp3) is 0.235. The second-order valence-corrected chi connectivity index (χ2v) is 4.98. The zero-order valence-electron chi connectivity index (χ0n) is 12.0. The molecular formula is C17H19NO3. The van der Waals surface area contributed by atoms with Crippen LogP contribution in [0.15, 0.2) is 42.5 Å². The Balaban J connectivity index is 2.01. The first kappa shape index (κ1) is 14.9. The van der Waals surface area contributed by atoms with Gasteiger partial charge >= 0.3 is 5.97 Å². The standard InChI is InChI=1S/C17H19NO3/c1-12-4-2-3-5-14(12)11-21-16-8-6-13(10-15(16)18)7-9-17(19)20/h2-6,8,10H,7,9,11,18H2,1H3,(H,19,20). The van der Waals surface area contributed by atoms with Crippen molar-refractivity contribution in [1.82, 2.24) is 0 Å². The molecule has 0 aliphatic rings. The first-order chi connectivity index (χ1) is 10.1. The van der Waals surface area contributed by atoms with Gasteiger partial charge in [0.25, 0.3) is 0 Å². The number of aryl methyl sites for hydroxylation is 2. The van der Waals surface area contributed by atoms with Gasteiger partial charge in [0.1, 0.15) is 12.4 Å². The van der Waals surface area contributed by atoms with Gasteiger partial charge in [0, 0.05) is 6.42 Å². The molecule has 0 saturated heterocycles. The second kappa shape index (κ2) is 6.79. The maximum atomic E-state index is 10.6. The van der Waals surface area contributed by atoms with Gasteiger partial charge in [0.15, 0.2) is 0 Å². The van der Waals surface area contributed by atoms with E-state index in [1.54, 1.807) is 12.1 Å².